The Bertz CT molecular complexity index is 263. The summed E-state index contributed by atoms with van der Waals surface area (Å²) in [6.07, 6.45) is 1.61. The van der Waals surface area contributed by atoms with Gasteiger partial charge in [-0.1, -0.05) is 0 Å². The van der Waals surface area contributed by atoms with Crippen LogP contribution in [0.4, 0.5) is 0 Å². The van der Waals surface area contributed by atoms with Crippen LogP contribution in [-0.4, -0.2) is 19.7 Å². The van der Waals surface area contributed by atoms with Crippen molar-refractivity contribution in [3.8, 4) is 0 Å². The van der Waals surface area contributed by atoms with Crippen LogP contribution in [0.3, 0.4) is 0 Å². The number of hydrogen-bond acceptors (Lipinski definition) is 4. The zero-order chi connectivity index (χ0) is 6.91. The van der Waals surface area contributed by atoms with Crippen LogP contribution in [0.1, 0.15) is 6.42 Å². The minimum Gasteiger partial charge on any atom is -0.224 e. The largest absolute Gasteiger partial charge is 0.253 e. The van der Waals surface area contributed by atoms with Crippen LogP contribution in [0.5, 0.6) is 0 Å². The Balaban J connectivity index is 2.92. The third-order valence-electron chi connectivity index (χ3n) is 0.845. The molecule has 0 aromatic carbocycles. The predicted octanol–water partition coefficient (Wildman–Crippen LogP) is -0.937. The van der Waals surface area contributed by atoms with E-state index in [1.807, 2.05) is 0 Å². The normalized spacial score (nSPS) is 18.1. The molecule has 5 nitrogen and oxygen atoms in total. The molecular weight excluding hydrogens is 142 g/mol. The maximum atomic E-state index is 10.4. The van der Waals surface area contributed by atoms with Crippen LogP contribution in [-0.2, 0) is 10.0 Å². The first-order valence-corrected chi connectivity index (χ1v) is 3.76. The van der Waals surface area contributed by atoms with E-state index in [1.54, 1.807) is 0 Å². The van der Waals surface area contributed by atoms with E-state index >= 15 is 0 Å². The van der Waals surface area contributed by atoms with Crippen molar-refractivity contribution in [1.82, 2.24) is 0 Å². The Morgan fingerprint density at radius 1 is 1.67 bits per heavy atom. The van der Waals surface area contributed by atoms with E-state index in [-0.39, 0.29) is 11.5 Å². The van der Waals surface area contributed by atoms with E-state index in [0.717, 1.165) is 0 Å². The number of nitrogens with zero attached hydrogens (tertiary/aromatic N) is 2. The summed E-state index contributed by atoms with van der Waals surface area (Å²) in [5.41, 5.74) is 0. The molecular formula is C3H5N3O2S. The van der Waals surface area contributed by atoms with Crippen molar-refractivity contribution in [2.24, 2.45) is 15.3 Å². The SMILES string of the molecule is NS(=O)(=O)C1=NN=CC1. The van der Waals surface area contributed by atoms with Crippen molar-refractivity contribution in [3.63, 3.8) is 0 Å². The molecule has 1 rings (SSSR count). The topological polar surface area (TPSA) is 84.9 Å². The lowest BCUT2D eigenvalue weighted by atomic mass is 10.5. The second-order valence-electron chi connectivity index (χ2n) is 1.54. The fourth-order valence-corrected chi connectivity index (χ4v) is 0.906. The summed E-state index contributed by atoms with van der Waals surface area (Å²) < 4.78 is 20.8. The number of rotatable bonds is 0. The molecule has 0 bridgehead atoms. The summed E-state index contributed by atoms with van der Waals surface area (Å²) in [6.45, 7) is 0. The zero-order valence-corrected chi connectivity index (χ0v) is 5.30. The quantitative estimate of drug-likeness (QED) is 0.479. The molecule has 0 saturated carbocycles. The molecule has 0 radical (unpaired) electrons. The Labute approximate surface area is 52.3 Å². The number of sulfonamides is 1. The van der Waals surface area contributed by atoms with Gasteiger partial charge in [0, 0.05) is 12.6 Å². The highest BCUT2D eigenvalue weighted by Gasteiger charge is 2.15. The first-order valence-electron chi connectivity index (χ1n) is 2.22. The lowest BCUT2D eigenvalue weighted by Crippen LogP contribution is -2.21. The van der Waals surface area contributed by atoms with Gasteiger partial charge in [0.25, 0.3) is 10.0 Å². The Kier molecular flexibility index (Phi) is 1.34. The number of primary sulfonamides is 1. The number of hydrogen-bond donors (Lipinski definition) is 1. The fraction of sp³-hybridized carbons (Fsp3) is 0.333. The summed E-state index contributed by atoms with van der Waals surface area (Å²) in [5.74, 6) is 0. The minimum atomic E-state index is -3.58. The molecule has 0 saturated heterocycles. The Morgan fingerprint density at radius 2 is 2.33 bits per heavy atom. The monoisotopic (exact) mass is 147 g/mol. The maximum Gasteiger partial charge on any atom is 0.253 e. The van der Waals surface area contributed by atoms with Crippen molar-refractivity contribution in [3.05, 3.63) is 0 Å². The summed E-state index contributed by atoms with van der Waals surface area (Å²) in [5, 5.41) is 11.3. The van der Waals surface area contributed by atoms with Crippen LogP contribution >= 0.6 is 0 Å². The van der Waals surface area contributed by atoms with E-state index in [2.05, 4.69) is 10.2 Å². The van der Waals surface area contributed by atoms with Gasteiger partial charge in [-0.2, -0.15) is 5.10 Å². The second-order valence-corrected chi connectivity index (χ2v) is 3.10. The van der Waals surface area contributed by atoms with Crippen LogP contribution < -0.4 is 5.14 Å². The highest BCUT2D eigenvalue weighted by atomic mass is 32.2. The van der Waals surface area contributed by atoms with Gasteiger partial charge in [-0.3, -0.25) is 0 Å². The molecule has 0 aromatic rings. The third kappa shape index (κ3) is 1.33. The summed E-state index contributed by atoms with van der Waals surface area (Å²) in [6, 6.07) is 0. The molecule has 9 heavy (non-hydrogen) atoms. The van der Waals surface area contributed by atoms with E-state index < -0.39 is 10.0 Å². The minimum absolute atomic E-state index is 0.0671. The lowest BCUT2D eigenvalue weighted by Gasteiger charge is -1.89. The van der Waals surface area contributed by atoms with Crippen molar-refractivity contribution in [2.45, 2.75) is 6.42 Å². The van der Waals surface area contributed by atoms with Gasteiger partial charge >= 0.3 is 0 Å². The van der Waals surface area contributed by atoms with Gasteiger partial charge in [0.15, 0.2) is 5.04 Å². The molecule has 50 valence electrons. The first kappa shape index (κ1) is 6.37. The Morgan fingerprint density at radius 3 is 2.56 bits per heavy atom. The molecule has 1 heterocycles. The predicted molar refractivity (Wildman–Crippen MR) is 33.7 cm³/mol. The molecule has 1 aliphatic heterocycles. The molecule has 6 heteroatoms. The van der Waals surface area contributed by atoms with Gasteiger partial charge < -0.3 is 0 Å². The average molecular weight is 147 g/mol. The van der Waals surface area contributed by atoms with Gasteiger partial charge in [-0.15, -0.1) is 5.10 Å². The molecule has 0 atom stereocenters. The molecule has 1 aliphatic rings. The van der Waals surface area contributed by atoms with Crippen LogP contribution in [0.2, 0.25) is 0 Å². The van der Waals surface area contributed by atoms with E-state index in [9.17, 15) is 8.42 Å². The van der Waals surface area contributed by atoms with Crippen molar-refractivity contribution >= 4 is 21.3 Å². The highest BCUT2D eigenvalue weighted by molar-refractivity contribution is 8.04. The van der Waals surface area contributed by atoms with Gasteiger partial charge in [0.05, 0.1) is 0 Å². The number of nitrogens with two attached hydrogens (primary N) is 1. The molecule has 0 aromatic heterocycles. The van der Waals surface area contributed by atoms with E-state index in [0.29, 0.717) is 0 Å². The molecule has 0 amide bonds. The molecule has 0 spiro atoms. The standard InChI is InChI=1S/C3H5N3O2S/c4-9(7,8)3-1-2-5-6-3/h2H,1H2,(H2,4,7,8). The third-order valence-corrected chi connectivity index (χ3v) is 1.75. The molecule has 0 unspecified atom stereocenters. The van der Waals surface area contributed by atoms with Gasteiger partial charge in [0.2, 0.25) is 0 Å². The van der Waals surface area contributed by atoms with Gasteiger partial charge in [-0.25, -0.2) is 13.6 Å². The molecule has 0 fully saturated rings. The zero-order valence-electron chi connectivity index (χ0n) is 4.48. The maximum absolute atomic E-state index is 10.4. The second kappa shape index (κ2) is 1.89. The van der Waals surface area contributed by atoms with E-state index in [4.69, 9.17) is 5.14 Å². The Hall–Kier alpha value is -0.750. The van der Waals surface area contributed by atoms with E-state index in [1.165, 1.54) is 6.21 Å². The summed E-state index contributed by atoms with van der Waals surface area (Å²) >= 11 is 0. The summed E-state index contributed by atoms with van der Waals surface area (Å²) in [4.78, 5) is 0. The molecule has 0 aliphatic carbocycles. The average Bonchev–Trinajstić information content (AvgIpc) is 2.08. The van der Waals surface area contributed by atoms with Crippen molar-refractivity contribution < 1.29 is 8.42 Å². The van der Waals surface area contributed by atoms with Crippen molar-refractivity contribution in [1.29, 1.82) is 0 Å². The highest BCUT2D eigenvalue weighted by Crippen LogP contribution is 1.98. The van der Waals surface area contributed by atoms with Crippen LogP contribution in [0, 0.1) is 0 Å². The lowest BCUT2D eigenvalue weighted by molar-refractivity contribution is 0.608. The van der Waals surface area contributed by atoms with Gasteiger partial charge in [-0.05, 0) is 0 Å². The fourth-order valence-electron chi connectivity index (χ4n) is 0.438. The smallest absolute Gasteiger partial charge is 0.224 e. The van der Waals surface area contributed by atoms with Crippen LogP contribution in [0.25, 0.3) is 0 Å². The van der Waals surface area contributed by atoms with Gasteiger partial charge in [0.1, 0.15) is 0 Å². The molecule has 2 N–H and O–H groups in total. The first-order chi connectivity index (χ1) is 4.11. The summed E-state index contributed by atoms with van der Waals surface area (Å²) in [7, 11) is -3.58. The van der Waals surface area contributed by atoms with Crippen LogP contribution in [0.15, 0.2) is 10.2 Å². The van der Waals surface area contributed by atoms with Crippen molar-refractivity contribution in [2.75, 3.05) is 0 Å².